The highest BCUT2D eigenvalue weighted by Gasteiger charge is 2.43. The molecule has 2 fully saturated rings. The molecule has 0 bridgehead atoms. The molecular weight excluding hydrogens is 293 g/mol. The Morgan fingerprint density at radius 1 is 1.15 bits per heavy atom. The lowest BCUT2D eigenvalue weighted by Crippen LogP contribution is -2.48. The van der Waals surface area contributed by atoms with Crippen LogP contribution in [0.1, 0.15) is 38.5 Å². The molecule has 0 aromatic carbocycles. The molecule has 2 aliphatic rings. The number of carbonyl (C=O) groups excluding carboxylic acids is 1. The third-order valence-electron chi connectivity index (χ3n) is 4.15. The molecule has 1 saturated heterocycles. The molecule has 1 saturated carbocycles. The third-order valence-corrected chi connectivity index (χ3v) is 4.15. The van der Waals surface area contributed by atoms with Gasteiger partial charge < -0.3 is 10.6 Å². The fourth-order valence-electron chi connectivity index (χ4n) is 3.02. The van der Waals surface area contributed by atoms with E-state index in [2.05, 4.69) is 10.6 Å². The number of rotatable bonds is 2. The van der Waals surface area contributed by atoms with Gasteiger partial charge >= 0.3 is 6.18 Å². The SMILES string of the molecule is Cl.O=C(N[C@@H]1CCCNC1)C1CCCC(C(F)(F)F)C1. The highest BCUT2D eigenvalue weighted by Crippen LogP contribution is 2.39. The highest BCUT2D eigenvalue weighted by atomic mass is 35.5. The van der Waals surface area contributed by atoms with Crippen LogP contribution in [0.4, 0.5) is 13.2 Å². The van der Waals surface area contributed by atoms with E-state index in [0.717, 1.165) is 25.9 Å². The van der Waals surface area contributed by atoms with Crippen LogP contribution >= 0.6 is 12.4 Å². The number of nitrogens with one attached hydrogen (secondary N) is 2. The first-order chi connectivity index (χ1) is 8.97. The summed E-state index contributed by atoms with van der Waals surface area (Å²) in [7, 11) is 0. The Hall–Kier alpha value is -0.490. The fraction of sp³-hybridized carbons (Fsp3) is 0.923. The van der Waals surface area contributed by atoms with Crippen LogP contribution in [-0.4, -0.2) is 31.2 Å². The minimum absolute atomic E-state index is 0. The summed E-state index contributed by atoms with van der Waals surface area (Å²) in [6, 6.07) is 0.0764. The molecular formula is C13H22ClF3N2O. The number of halogens is 4. The number of piperidine rings is 1. The first kappa shape index (κ1) is 17.6. The quantitative estimate of drug-likeness (QED) is 0.822. The molecule has 0 aromatic heterocycles. The van der Waals surface area contributed by atoms with Crippen molar-refractivity contribution in [2.75, 3.05) is 13.1 Å². The van der Waals surface area contributed by atoms with Crippen molar-refractivity contribution < 1.29 is 18.0 Å². The lowest BCUT2D eigenvalue weighted by molar-refractivity contribution is -0.186. The predicted molar refractivity (Wildman–Crippen MR) is 72.8 cm³/mol. The maximum absolute atomic E-state index is 12.7. The van der Waals surface area contributed by atoms with E-state index in [1.165, 1.54) is 0 Å². The maximum atomic E-state index is 12.7. The zero-order valence-corrected chi connectivity index (χ0v) is 12.2. The van der Waals surface area contributed by atoms with E-state index in [-0.39, 0.29) is 37.2 Å². The Morgan fingerprint density at radius 3 is 2.50 bits per heavy atom. The second kappa shape index (κ2) is 7.50. The average Bonchev–Trinajstić information content (AvgIpc) is 2.39. The second-order valence-electron chi connectivity index (χ2n) is 5.65. The van der Waals surface area contributed by atoms with Gasteiger partial charge in [0.2, 0.25) is 5.91 Å². The van der Waals surface area contributed by atoms with Gasteiger partial charge in [-0.05, 0) is 38.6 Å². The highest BCUT2D eigenvalue weighted by molar-refractivity contribution is 5.85. The van der Waals surface area contributed by atoms with Gasteiger partial charge in [0.05, 0.1) is 5.92 Å². The number of hydrogen-bond donors (Lipinski definition) is 2. The predicted octanol–water partition coefficient (Wildman–Crippen LogP) is 2.65. The Kier molecular flexibility index (Phi) is 6.58. The Balaban J connectivity index is 0.00000200. The standard InChI is InChI=1S/C13H21F3N2O.ClH/c14-13(15,16)10-4-1-3-9(7-10)12(19)18-11-5-2-6-17-8-11;/h9-11,17H,1-8H2,(H,18,19);1H/t9?,10?,11-;/m1./s1. The van der Waals surface area contributed by atoms with Gasteiger partial charge in [-0.15, -0.1) is 12.4 Å². The summed E-state index contributed by atoms with van der Waals surface area (Å²) in [6.45, 7) is 1.67. The minimum Gasteiger partial charge on any atom is -0.352 e. The summed E-state index contributed by atoms with van der Waals surface area (Å²) in [5.41, 5.74) is 0. The summed E-state index contributed by atoms with van der Waals surface area (Å²) in [6.07, 6.45) is -1.06. The van der Waals surface area contributed by atoms with Crippen molar-refractivity contribution in [1.29, 1.82) is 0 Å². The van der Waals surface area contributed by atoms with E-state index in [4.69, 9.17) is 0 Å². The molecule has 0 spiro atoms. The molecule has 2 unspecified atom stereocenters. The van der Waals surface area contributed by atoms with Gasteiger partial charge in [0.15, 0.2) is 0 Å². The minimum atomic E-state index is -4.16. The summed E-state index contributed by atoms with van der Waals surface area (Å²) in [5.74, 6) is -1.97. The molecule has 0 aromatic rings. The Labute approximate surface area is 123 Å². The van der Waals surface area contributed by atoms with Crippen molar-refractivity contribution >= 4 is 18.3 Å². The van der Waals surface area contributed by atoms with E-state index in [9.17, 15) is 18.0 Å². The second-order valence-corrected chi connectivity index (χ2v) is 5.65. The molecule has 1 amide bonds. The van der Waals surface area contributed by atoms with Gasteiger partial charge in [0.1, 0.15) is 0 Å². The van der Waals surface area contributed by atoms with Gasteiger partial charge in [0.25, 0.3) is 0 Å². The summed E-state index contributed by atoms with van der Waals surface area (Å²) < 4.78 is 38.1. The van der Waals surface area contributed by atoms with Gasteiger partial charge in [0, 0.05) is 18.5 Å². The fourth-order valence-corrected chi connectivity index (χ4v) is 3.02. The van der Waals surface area contributed by atoms with Crippen LogP contribution < -0.4 is 10.6 Å². The lowest BCUT2D eigenvalue weighted by Gasteiger charge is -2.31. The largest absolute Gasteiger partial charge is 0.391 e. The van der Waals surface area contributed by atoms with Gasteiger partial charge in [-0.2, -0.15) is 13.2 Å². The molecule has 20 heavy (non-hydrogen) atoms. The average molecular weight is 315 g/mol. The first-order valence-corrected chi connectivity index (χ1v) is 7.04. The van der Waals surface area contributed by atoms with Crippen molar-refractivity contribution in [3.8, 4) is 0 Å². The molecule has 1 aliphatic carbocycles. The number of hydrogen-bond acceptors (Lipinski definition) is 2. The van der Waals surface area contributed by atoms with Crippen LogP contribution in [0, 0.1) is 11.8 Å². The van der Waals surface area contributed by atoms with Gasteiger partial charge in [-0.3, -0.25) is 4.79 Å². The van der Waals surface area contributed by atoms with Crippen LogP contribution in [0.25, 0.3) is 0 Å². The van der Waals surface area contributed by atoms with Crippen molar-refractivity contribution in [2.24, 2.45) is 11.8 Å². The van der Waals surface area contributed by atoms with Crippen molar-refractivity contribution in [3.05, 3.63) is 0 Å². The normalized spacial score (nSPS) is 31.2. The molecule has 7 heteroatoms. The summed E-state index contributed by atoms with van der Waals surface area (Å²) in [4.78, 5) is 12.0. The van der Waals surface area contributed by atoms with Gasteiger partial charge in [-0.25, -0.2) is 0 Å². The van der Waals surface area contributed by atoms with Crippen molar-refractivity contribution in [3.63, 3.8) is 0 Å². The van der Waals surface area contributed by atoms with Crippen LogP contribution in [-0.2, 0) is 4.79 Å². The molecule has 3 atom stereocenters. The topological polar surface area (TPSA) is 41.1 Å². The number of alkyl halides is 3. The summed E-state index contributed by atoms with van der Waals surface area (Å²) >= 11 is 0. The zero-order chi connectivity index (χ0) is 13.9. The van der Waals surface area contributed by atoms with Crippen LogP contribution in [0.3, 0.4) is 0 Å². The lowest BCUT2D eigenvalue weighted by atomic mass is 9.80. The van der Waals surface area contributed by atoms with E-state index in [1.54, 1.807) is 0 Å². The van der Waals surface area contributed by atoms with Crippen molar-refractivity contribution in [2.45, 2.75) is 50.7 Å². The monoisotopic (exact) mass is 314 g/mol. The van der Waals surface area contributed by atoms with Crippen LogP contribution in [0.5, 0.6) is 0 Å². The van der Waals surface area contributed by atoms with Crippen molar-refractivity contribution in [1.82, 2.24) is 10.6 Å². The Bertz CT molecular complexity index is 319. The van der Waals surface area contributed by atoms with E-state index < -0.39 is 18.0 Å². The van der Waals surface area contributed by atoms with Crippen LogP contribution in [0.2, 0.25) is 0 Å². The van der Waals surface area contributed by atoms with Gasteiger partial charge in [-0.1, -0.05) is 6.42 Å². The molecule has 2 rings (SSSR count). The maximum Gasteiger partial charge on any atom is 0.391 e. The molecule has 1 aliphatic heterocycles. The molecule has 1 heterocycles. The molecule has 2 N–H and O–H groups in total. The number of carbonyl (C=O) groups is 1. The van der Waals surface area contributed by atoms with E-state index in [0.29, 0.717) is 12.8 Å². The Morgan fingerprint density at radius 2 is 1.90 bits per heavy atom. The van der Waals surface area contributed by atoms with E-state index in [1.807, 2.05) is 0 Å². The smallest absolute Gasteiger partial charge is 0.352 e. The van der Waals surface area contributed by atoms with E-state index >= 15 is 0 Å². The number of amides is 1. The molecule has 0 radical (unpaired) electrons. The molecule has 118 valence electrons. The summed E-state index contributed by atoms with van der Waals surface area (Å²) in [5, 5.41) is 6.07. The molecule has 3 nitrogen and oxygen atoms in total. The zero-order valence-electron chi connectivity index (χ0n) is 11.3. The first-order valence-electron chi connectivity index (χ1n) is 7.04. The third kappa shape index (κ3) is 4.81. The van der Waals surface area contributed by atoms with Crippen LogP contribution in [0.15, 0.2) is 0 Å².